The van der Waals surface area contributed by atoms with E-state index in [1.807, 2.05) is 0 Å². The Bertz CT molecular complexity index is 633. The fourth-order valence-corrected chi connectivity index (χ4v) is 1.54. The van der Waals surface area contributed by atoms with E-state index < -0.39 is 35.7 Å². The molecule has 1 aromatic rings. The molecule has 0 radical (unpaired) electrons. The summed E-state index contributed by atoms with van der Waals surface area (Å²) in [5.41, 5.74) is 1.93. The Hall–Kier alpha value is -2.29. The summed E-state index contributed by atoms with van der Waals surface area (Å²) in [6.45, 7) is 0. The van der Waals surface area contributed by atoms with Crippen molar-refractivity contribution in [1.82, 2.24) is 0 Å². The maximum atomic E-state index is 13.3. The summed E-state index contributed by atoms with van der Waals surface area (Å²) in [4.78, 5) is 34.4. The van der Waals surface area contributed by atoms with Crippen LogP contribution < -0.4 is 5.43 Å². The van der Waals surface area contributed by atoms with Crippen LogP contribution in [0, 0.1) is 5.82 Å². The standard InChI is InChI=1S/C13H12BrFN2O5/c1-21-11(19)6-10(18)12(13(20)22-2)17-16-7-3-4-8(14)9(15)5-7/h3-5,16H,6H2,1-2H3/b17-12+. The van der Waals surface area contributed by atoms with Crippen molar-refractivity contribution in [2.24, 2.45) is 5.10 Å². The van der Waals surface area contributed by atoms with E-state index in [4.69, 9.17) is 0 Å². The van der Waals surface area contributed by atoms with Crippen molar-refractivity contribution in [3.63, 3.8) is 0 Å². The fraction of sp³-hybridized carbons (Fsp3) is 0.231. The lowest BCUT2D eigenvalue weighted by molar-refractivity contribution is -0.142. The van der Waals surface area contributed by atoms with Gasteiger partial charge in [-0.2, -0.15) is 5.10 Å². The van der Waals surface area contributed by atoms with Crippen LogP contribution in [0.1, 0.15) is 6.42 Å². The Morgan fingerprint density at radius 2 is 1.95 bits per heavy atom. The third-order valence-electron chi connectivity index (χ3n) is 2.39. The number of carbonyl (C=O) groups is 3. The van der Waals surface area contributed by atoms with Gasteiger partial charge < -0.3 is 9.47 Å². The number of Topliss-reactive ketones (excluding diaryl/α,β-unsaturated/α-hetero) is 1. The summed E-state index contributed by atoms with van der Waals surface area (Å²) in [7, 11) is 2.16. The van der Waals surface area contributed by atoms with Crippen molar-refractivity contribution in [2.45, 2.75) is 6.42 Å². The van der Waals surface area contributed by atoms with Crippen LogP contribution in [-0.4, -0.2) is 37.7 Å². The van der Waals surface area contributed by atoms with Crippen molar-refractivity contribution in [2.75, 3.05) is 19.6 Å². The number of rotatable bonds is 6. The van der Waals surface area contributed by atoms with E-state index >= 15 is 0 Å². The SMILES string of the molecule is COC(=O)CC(=O)/C(=N\Nc1ccc(Br)c(F)c1)C(=O)OC. The Morgan fingerprint density at radius 3 is 2.50 bits per heavy atom. The van der Waals surface area contributed by atoms with Gasteiger partial charge in [0, 0.05) is 6.07 Å². The molecule has 7 nitrogen and oxygen atoms in total. The van der Waals surface area contributed by atoms with Gasteiger partial charge in [-0.3, -0.25) is 15.0 Å². The molecule has 0 aliphatic carbocycles. The van der Waals surface area contributed by atoms with E-state index in [1.165, 1.54) is 12.1 Å². The van der Waals surface area contributed by atoms with Crippen molar-refractivity contribution < 1.29 is 28.2 Å². The number of hydrazone groups is 1. The molecule has 0 bridgehead atoms. The van der Waals surface area contributed by atoms with Crippen molar-refractivity contribution in [3.8, 4) is 0 Å². The molecule has 0 aromatic heterocycles. The van der Waals surface area contributed by atoms with E-state index in [2.05, 4.69) is 35.9 Å². The molecule has 1 aromatic carbocycles. The summed E-state index contributed by atoms with van der Waals surface area (Å²) < 4.78 is 22.3. The Morgan fingerprint density at radius 1 is 1.27 bits per heavy atom. The van der Waals surface area contributed by atoms with Crippen LogP contribution in [0.5, 0.6) is 0 Å². The van der Waals surface area contributed by atoms with Gasteiger partial charge in [-0.1, -0.05) is 0 Å². The highest BCUT2D eigenvalue weighted by Gasteiger charge is 2.24. The lowest BCUT2D eigenvalue weighted by Crippen LogP contribution is -2.28. The topological polar surface area (TPSA) is 94.1 Å². The molecule has 118 valence electrons. The van der Waals surface area contributed by atoms with Gasteiger partial charge in [-0.25, -0.2) is 9.18 Å². The summed E-state index contributed by atoms with van der Waals surface area (Å²) in [5, 5.41) is 3.58. The van der Waals surface area contributed by atoms with Crippen LogP contribution in [0.2, 0.25) is 0 Å². The van der Waals surface area contributed by atoms with E-state index in [9.17, 15) is 18.8 Å². The van der Waals surface area contributed by atoms with Crippen LogP contribution in [-0.2, 0) is 23.9 Å². The summed E-state index contributed by atoms with van der Waals surface area (Å²) >= 11 is 2.98. The second kappa shape index (κ2) is 8.23. The molecule has 0 aliphatic heterocycles. The number of ketones is 1. The predicted molar refractivity (Wildman–Crippen MR) is 78.8 cm³/mol. The Balaban J connectivity index is 2.95. The molecule has 1 rings (SSSR count). The summed E-state index contributed by atoms with van der Waals surface area (Å²) in [6, 6.07) is 3.99. The van der Waals surface area contributed by atoms with E-state index in [-0.39, 0.29) is 10.2 Å². The van der Waals surface area contributed by atoms with Gasteiger partial charge in [0.2, 0.25) is 11.5 Å². The van der Waals surface area contributed by atoms with Gasteiger partial charge in [-0.05, 0) is 28.1 Å². The van der Waals surface area contributed by atoms with Gasteiger partial charge in [0.15, 0.2) is 0 Å². The quantitative estimate of drug-likeness (QED) is 0.352. The summed E-state index contributed by atoms with van der Waals surface area (Å²) in [6.07, 6.45) is -0.666. The number of hydrogen-bond donors (Lipinski definition) is 1. The highest BCUT2D eigenvalue weighted by Crippen LogP contribution is 2.19. The van der Waals surface area contributed by atoms with E-state index in [1.54, 1.807) is 0 Å². The van der Waals surface area contributed by atoms with Gasteiger partial charge in [0.25, 0.3) is 0 Å². The number of benzene rings is 1. The van der Waals surface area contributed by atoms with Crippen molar-refractivity contribution >= 4 is 45.1 Å². The maximum Gasteiger partial charge on any atom is 0.362 e. The van der Waals surface area contributed by atoms with Crippen LogP contribution in [0.25, 0.3) is 0 Å². The number of halogens is 2. The first-order valence-electron chi connectivity index (χ1n) is 5.86. The Kier molecular flexibility index (Phi) is 6.64. The monoisotopic (exact) mass is 374 g/mol. The zero-order valence-corrected chi connectivity index (χ0v) is 13.3. The van der Waals surface area contributed by atoms with Gasteiger partial charge >= 0.3 is 11.9 Å². The highest BCUT2D eigenvalue weighted by atomic mass is 79.9. The molecule has 22 heavy (non-hydrogen) atoms. The lowest BCUT2D eigenvalue weighted by Gasteiger charge is -2.05. The molecule has 0 unspecified atom stereocenters. The number of esters is 2. The zero-order chi connectivity index (χ0) is 16.7. The molecule has 0 amide bonds. The first-order valence-corrected chi connectivity index (χ1v) is 6.65. The van der Waals surface area contributed by atoms with Crippen LogP contribution in [0.4, 0.5) is 10.1 Å². The number of carbonyl (C=O) groups excluding carboxylic acids is 3. The minimum absolute atomic E-state index is 0.202. The normalized spacial score (nSPS) is 10.8. The molecule has 0 saturated heterocycles. The first kappa shape index (κ1) is 17.8. The molecule has 0 aliphatic rings. The predicted octanol–water partition coefficient (Wildman–Crippen LogP) is 1.66. The third-order valence-corrected chi connectivity index (χ3v) is 3.03. The average Bonchev–Trinajstić information content (AvgIpc) is 2.50. The first-order chi connectivity index (χ1) is 10.4. The minimum atomic E-state index is -1.03. The third kappa shape index (κ3) is 4.92. The number of nitrogens with zero attached hydrogens (tertiary/aromatic N) is 1. The molecule has 0 fully saturated rings. The van der Waals surface area contributed by atoms with Crippen molar-refractivity contribution in [3.05, 3.63) is 28.5 Å². The van der Waals surface area contributed by atoms with Gasteiger partial charge in [0.1, 0.15) is 12.2 Å². The van der Waals surface area contributed by atoms with E-state index in [0.717, 1.165) is 20.3 Å². The summed E-state index contributed by atoms with van der Waals surface area (Å²) in [5.74, 6) is -3.29. The fourth-order valence-electron chi connectivity index (χ4n) is 1.29. The second-order valence-corrected chi connectivity index (χ2v) is 4.72. The number of methoxy groups -OCH3 is 2. The molecule has 9 heteroatoms. The maximum absolute atomic E-state index is 13.3. The molecule has 0 saturated carbocycles. The number of ether oxygens (including phenoxy) is 2. The lowest BCUT2D eigenvalue weighted by atomic mass is 10.2. The Labute approximate surface area is 133 Å². The van der Waals surface area contributed by atoms with E-state index in [0.29, 0.717) is 0 Å². The molecule has 0 spiro atoms. The molecule has 1 N–H and O–H groups in total. The molecule has 0 heterocycles. The van der Waals surface area contributed by atoms with Gasteiger partial charge in [0.05, 0.1) is 24.4 Å². The smallest absolute Gasteiger partial charge is 0.362 e. The van der Waals surface area contributed by atoms with Gasteiger partial charge in [-0.15, -0.1) is 0 Å². The highest BCUT2D eigenvalue weighted by molar-refractivity contribution is 9.10. The van der Waals surface area contributed by atoms with Crippen LogP contribution >= 0.6 is 15.9 Å². The number of nitrogens with one attached hydrogen (secondary N) is 1. The van der Waals surface area contributed by atoms with Crippen molar-refractivity contribution in [1.29, 1.82) is 0 Å². The molecular weight excluding hydrogens is 363 g/mol. The average molecular weight is 375 g/mol. The zero-order valence-electron chi connectivity index (χ0n) is 11.7. The van der Waals surface area contributed by atoms with Crippen LogP contribution in [0.15, 0.2) is 27.8 Å². The molecular formula is C13H12BrFN2O5. The second-order valence-electron chi connectivity index (χ2n) is 3.87. The number of anilines is 1. The largest absolute Gasteiger partial charge is 0.469 e. The van der Waals surface area contributed by atoms with Crippen LogP contribution in [0.3, 0.4) is 0 Å². The molecule has 0 atom stereocenters. The number of hydrogen-bond acceptors (Lipinski definition) is 7. The minimum Gasteiger partial charge on any atom is -0.469 e.